The summed E-state index contributed by atoms with van der Waals surface area (Å²) in [5.41, 5.74) is 0.194. The van der Waals surface area contributed by atoms with E-state index in [1.165, 1.54) is 29.5 Å². The molecule has 0 fully saturated rings. The molecule has 0 bridgehead atoms. The molecule has 34 heavy (non-hydrogen) atoms. The Labute approximate surface area is 198 Å². The third-order valence-electron chi connectivity index (χ3n) is 5.99. The highest BCUT2D eigenvalue weighted by atomic mass is 16.5. The minimum absolute atomic E-state index is 0.276. The highest BCUT2D eigenvalue weighted by Crippen LogP contribution is 2.11. The largest absolute Gasteiger partial charge is 0.467 e. The van der Waals surface area contributed by atoms with Gasteiger partial charge >= 0.3 is 11.7 Å². The predicted octanol–water partition coefficient (Wildman–Crippen LogP) is 0.983. The van der Waals surface area contributed by atoms with Crippen molar-refractivity contribution in [2.24, 2.45) is 14.1 Å². The molecule has 0 aliphatic carbocycles. The maximum atomic E-state index is 12.7. The maximum Gasteiger partial charge on any atom is 0.332 e. The number of imidazole rings is 1. The lowest BCUT2D eigenvalue weighted by molar-refractivity contribution is -0.148. The Morgan fingerprint density at radius 2 is 1.65 bits per heavy atom. The standard InChI is InChI=1S/C23H37N5O6/c1-16(29)18(22(32)34-4)25-17(30)13-11-9-7-5-6-8-10-12-14-28-21(31)19-20(24-15-26(19)2)27(3)23(28)33/h15-16,18,29H,5-14H2,1-4H3,(H,25,30). The van der Waals surface area contributed by atoms with Crippen molar-refractivity contribution in [3.05, 3.63) is 27.2 Å². The van der Waals surface area contributed by atoms with Gasteiger partial charge in [-0.25, -0.2) is 14.6 Å². The summed E-state index contributed by atoms with van der Waals surface area (Å²) >= 11 is 0. The first-order chi connectivity index (χ1) is 16.2. The molecular formula is C23H37N5O6. The summed E-state index contributed by atoms with van der Waals surface area (Å²) in [6.45, 7) is 1.82. The van der Waals surface area contributed by atoms with E-state index in [9.17, 15) is 24.3 Å². The normalized spacial score (nSPS) is 13.1. The molecule has 2 aromatic heterocycles. The number of carbonyl (C=O) groups is 2. The van der Waals surface area contributed by atoms with Crippen LogP contribution in [0.25, 0.3) is 11.2 Å². The number of nitrogens with one attached hydrogen (secondary N) is 1. The van der Waals surface area contributed by atoms with Gasteiger partial charge in [-0.2, -0.15) is 0 Å². The number of methoxy groups -OCH3 is 1. The van der Waals surface area contributed by atoms with Gasteiger partial charge in [-0.3, -0.25) is 18.7 Å². The smallest absolute Gasteiger partial charge is 0.332 e. The van der Waals surface area contributed by atoms with E-state index in [1.54, 1.807) is 18.7 Å². The quantitative estimate of drug-likeness (QED) is 0.304. The van der Waals surface area contributed by atoms with Crippen LogP contribution in [0.3, 0.4) is 0 Å². The number of hydrogen-bond donors (Lipinski definition) is 2. The summed E-state index contributed by atoms with van der Waals surface area (Å²) in [4.78, 5) is 52.8. The first-order valence-electron chi connectivity index (χ1n) is 11.8. The topological polar surface area (TPSA) is 137 Å². The van der Waals surface area contributed by atoms with E-state index >= 15 is 0 Å². The number of carbonyl (C=O) groups excluding carboxylic acids is 2. The lowest BCUT2D eigenvalue weighted by Crippen LogP contribution is -2.48. The van der Waals surface area contributed by atoms with Gasteiger partial charge in [-0.05, 0) is 19.8 Å². The van der Waals surface area contributed by atoms with Crippen LogP contribution in [0.5, 0.6) is 0 Å². The van der Waals surface area contributed by atoms with E-state index in [2.05, 4.69) is 15.0 Å². The summed E-state index contributed by atoms with van der Waals surface area (Å²) in [7, 11) is 4.58. The molecule has 2 aromatic rings. The monoisotopic (exact) mass is 479 g/mol. The van der Waals surface area contributed by atoms with Gasteiger partial charge < -0.3 is 19.7 Å². The molecule has 0 aromatic carbocycles. The van der Waals surface area contributed by atoms with Crippen LogP contribution >= 0.6 is 0 Å². The van der Waals surface area contributed by atoms with Gasteiger partial charge in [-0.15, -0.1) is 0 Å². The number of aryl methyl sites for hydroxylation is 2. The molecule has 0 radical (unpaired) electrons. The number of ether oxygens (including phenoxy) is 1. The lowest BCUT2D eigenvalue weighted by atomic mass is 10.1. The van der Waals surface area contributed by atoms with Crippen molar-refractivity contribution >= 4 is 23.0 Å². The molecule has 2 N–H and O–H groups in total. The molecule has 1 amide bonds. The molecule has 0 aliphatic rings. The maximum absolute atomic E-state index is 12.7. The Bertz CT molecular complexity index is 1080. The van der Waals surface area contributed by atoms with Crippen molar-refractivity contribution in [2.75, 3.05) is 7.11 Å². The van der Waals surface area contributed by atoms with Gasteiger partial charge in [0.2, 0.25) is 5.91 Å². The summed E-state index contributed by atoms with van der Waals surface area (Å²) < 4.78 is 8.93. The van der Waals surface area contributed by atoms with Crippen molar-refractivity contribution < 1.29 is 19.4 Å². The third-order valence-corrected chi connectivity index (χ3v) is 5.99. The van der Waals surface area contributed by atoms with E-state index in [0.717, 1.165) is 44.9 Å². The Morgan fingerprint density at radius 3 is 2.24 bits per heavy atom. The van der Waals surface area contributed by atoms with Crippen LogP contribution in [-0.4, -0.2) is 54.9 Å². The molecule has 2 atom stereocenters. The average molecular weight is 480 g/mol. The molecule has 0 saturated carbocycles. The van der Waals surface area contributed by atoms with Gasteiger partial charge in [0.1, 0.15) is 0 Å². The summed E-state index contributed by atoms with van der Waals surface area (Å²) in [6, 6.07) is -1.04. The molecule has 0 saturated heterocycles. The van der Waals surface area contributed by atoms with Crippen molar-refractivity contribution in [3.8, 4) is 0 Å². The Hall–Kier alpha value is -2.95. The van der Waals surface area contributed by atoms with E-state index in [-0.39, 0.29) is 17.2 Å². The average Bonchev–Trinajstić information content (AvgIpc) is 3.20. The molecule has 2 rings (SSSR count). The number of rotatable bonds is 14. The van der Waals surface area contributed by atoms with Crippen LogP contribution in [0.2, 0.25) is 0 Å². The Balaban J connectivity index is 1.61. The molecule has 190 valence electrons. The predicted molar refractivity (Wildman–Crippen MR) is 127 cm³/mol. The van der Waals surface area contributed by atoms with Crippen molar-refractivity contribution in [2.45, 2.75) is 83.4 Å². The SMILES string of the molecule is COC(=O)C(NC(=O)CCCCCCCCCCn1c(=O)c2c(ncn2C)n(C)c1=O)C(C)O. The van der Waals surface area contributed by atoms with Gasteiger partial charge in [0.25, 0.3) is 5.56 Å². The fourth-order valence-corrected chi connectivity index (χ4v) is 3.96. The summed E-state index contributed by atoms with van der Waals surface area (Å²) in [5.74, 6) is -0.937. The van der Waals surface area contributed by atoms with Crippen molar-refractivity contribution in [1.82, 2.24) is 24.0 Å². The van der Waals surface area contributed by atoms with E-state index in [4.69, 9.17) is 0 Å². The summed E-state index contributed by atoms with van der Waals surface area (Å²) in [5, 5.41) is 12.1. The number of aliphatic hydroxyl groups is 1. The second-order valence-corrected chi connectivity index (χ2v) is 8.71. The first kappa shape index (κ1) is 27.3. The summed E-state index contributed by atoms with van der Waals surface area (Å²) in [6.07, 6.45) is 8.22. The minimum atomic E-state index is -1.04. The molecule has 0 aliphatic heterocycles. The number of amides is 1. The fraction of sp³-hybridized carbons (Fsp3) is 0.696. The number of aromatic nitrogens is 4. The number of unbranched alkanes of at least 4 members (excludes halogenated alkanes) is 7. The number of nitrogens with zero attached hydrogens (tertiary/aromatic N) is 4. The molecule has 11 heteroatoms. The molecule has 2 unspecified atom stereocenters. The van der Waals surface area contributed by atoms with Gasteiger partial charge in [-0.1, -0.05) is 38.5 Å². The zero-order chi connectivity index (χ0) is 25.3. The van der Waals surface area contributed by atoms with E-state index in [1.807, 2.05) is 0 Å². The third kappa shape index (κ3) is 7.02. The van der Waals surface area contributed by atoms with Crippen LogP contribution in [0.1, 0.15) is 64.7 Å². The van der Waals surface area contributed by atoms with E-state index < -0.39 is 18.1 Å². The van der Waals surface area contributed by atoms with Gasteiger partial charge in [0.05, 0.1) is 19.5 Å². The lowest BCUT2D eigenvalue weighted by Gasteiger charge is -2.18. The number of hydrogen-bond acceptors (Lipinski definition) is 7. The zero-order valence-electron chi connectivity index (χ0n) is 20.6. The number of esters is 1. The van der Waals surface area contributed by atoms with Crippen molar-refractivity contribution in [3.63, 3.8) is 0 Å². The highest BCUT2D eigenvalue weighted by Gasteiger charge is 2.26. The molecule has 0 spiro atoms. The van der Waals surface area contributed by atoms with E-state index in [0.29, 0.717) is 30.6 Å². The van der Waals surface area contributed by atoms with Crippen LogP contribution in [-0.2, 0) is 35.0 Å². The fourth-order valence-electron chi connectivity index (χ4n) is 3.96. The minimum Gasteiger partial charge on any atom is -0.467 e. The van der Waals surface area contributed by atoms with Gasteiger partial charge in [0.15, 0.2) is 17.2 Å². The Kier molecular flexibility index (Phi) is 10.5. The first-order valence-corrected chi connectivity index (χ1v) is 11.8. The highest BCUT2D eigenvalue weighted by molar-refractivity contribution is 5.84. The van der Waals surface area contributed by atoms with Crippen LogP contribution < -0.4 is 16.6 Å². The Morgan fingerprint density at radius 1 is 1.06 bits per heavy atom. The van der Waals surface area contributed by atoms with Crippen LogP contribution in [0.15, 0.2) is 15.9 Å². The second-order valence-electron chi connectivity index (χ2n) is 8.71. The second kappa shape index (κ2) is 13.1. The molecular weight excluding hydrogens is 442 g/mol. The number of fused-ring (bicyclic) bond motifs is 1. The number of aliphatic hydroxyl groups excluding tert-OH is 1. The zero-order valence-corrected chi connectivity index (χ0v) is 20.6. The van der Waals surface area contributed by atoms with Crippen LogP contribution in [0, 0.1) is 0 Å². The van der Waals surface area contributed by atoms with Crippen LogP contribution in [0.4, 0.5) is 0 Å². The molecule has 11 nitrogen and oxygen atoms in total. The van der Waals surface area contributed by atoms with Crippen molar-refractivity contribution in [1.29, 1.82) is 0 Å². The van der Waals surface area contributed by atoms with Gasteiger partial charge in [0, 0.05) is 27.1 Å². The molecule has 2 heterocycles.